The van der Waals surface area contributed by atoms with E-state index in [0.29, 0.717) is 11.1 Å². The van der Waals surface area contributed by atoms with Gasteiger partial charge in [-0.25, -0.2) is 4.39 Å². The van der Waals surface area contributed by atoms with Crippen molar-refractivity contribution >= 4 is 11.6 Å². The van der Waals surface area contributed by atoms with Crippen molar-refractivity contribution < 1.29 is 22.3 Å². The fraction of sp³-hybridized carbons (Fsp3) is 0.200. The molecule has 0 N–H and O–H groups in total. The Bertz CT molecular complexity index is 653. The van der Waals surface area contributed by atoms with Crippen LogP contribution in [-0.4, -0.2) is 0 Å². The second-order valence-corrected chi connectivity index (χ2v) is 4.72. The van der Waals surface area contributed by atoms with Crippen molar-refractivity contribution in [2.75, 3.05) is 0 Å². The molecule has 6 heteroatoms. The first-order chi connectivity index (χ1) is 9.82. The maximum atomic E-state index is 13.8. The summed E-state index contributed by atoms with van der Waals surface area (Å²) < 4.78 is 58.0. The van der Waals surface area contributed by atoms with Gasteiger partial charge >= 0.3 is 6.18 Å². The summed E-state index contributed by atoms with van der Waals surface area (Å²) in [6.07, 6.45) is -4.61. The van der Waals surface area contributed by atoms with Gasteiger partial charge in [-0.2, -0.15) is 13.2 Å². The van der Waals surface area contributed by atoms with E-state index in [0.717, 1.165) is 12.1 Å². The van der Waals surface area contributed by atoms with E-state index in [1.54, 1.807) is 0 Å². The highest BCUT2D eigenvalue weighted by Crippen LogP contribution is 2.39. The van der Waals surface area contributed by atoms with E-state index >= 15 is 0 Å². The van der Waals surface area contributed by atoms with Gasteiger partial charge in [-0.3, -0.25) is 0 Å². The van der Waals surface area contributed by atoms with E-state index in [4.69, 9.17) is 16.3 Å². The molecular formula is C15H11ClF4O. The van der Waals surface area contributed by atoms with Crippen molar-refractivity contribution in [2.45, 2.75) is 19.0 Å². The summed E-state index contributed by atoms with van der Waals surface area (Å²) in [6.45, 7) is 1.50. The van der Waals surface area contributed by atoms with Crippen LogP contribution in [0.25, 0.3) is 0 Å². The number of halogens is 5. The molecule has 0 heterocycles. The van der Waals surface area contributed by atoms with Crippen LogP contribution in [0.5, 0.6) is 11.5 Å². The second kappa shape index (κ2) is 5.93. The van der Waals surface area contributed by atoms with Crippen LogP contribution < -0.4 is 4.74 Å². The summed E-state index contributed by atoms with van der Waals surface area (Å²) in [4.78, 5) is 0. The van der Waals surface area contributed by atoms with Crippen molar-refractivity contribution in [3.63, 3.8) is 0 Å². The Morgan fingerprint density at radius 3 is 2.43 bits per heavy atom. The zero-order chi connectivity index (χ0) is 15.6. The molecule has 2 aromatic carbocycles. The summed E-state index contributed by atoms with van der Waals surface area (Å²) in [5.74, 6) is -1.45. The quantitative estimate of drug-likeness (QED) is 0.522. The molecule has 1 nitrogen and oxygen atoms in total. The molecule has 2 aromatic rings. The molecule has 0 aliphatic rings. The average molecular weight is 319 g/mol. The highest BCUT2D eigenvalue weighted by Gasteiger charge is 2.35. The molecule has 0 amide bonds. The maximum absolute atomic E-state index is 13.8. The molecule has 0 radical (unpaired) electrons. The number of hydrogen-bond donors (Lipinski definition) is 0. The first-order valence-corrected chi connectivity index (χ1v) is 6.55. The molecule has 0 spiro atoms. The molecule has 21 heavy (non-hydrogen) atoms. The smallest absolute Gasteiger partial charge is 0.419 e. The minimum Gasteiger partial charge on any atom is -0.454 e. The highest BCUT2D eigenvalue weighted by atomic mass is 35.5. The van der Waals surface area contributed by atoms with Crippen LogP contribution in [0, 0.1) is 12.7 Å². The predicted octanol–water partition coefficient (Wildman–Crippen LogP) is 5.68. The number of rotatable bonds is 3. The minimum atomic E-state index is -4.61. The van der Waals surface area contributed by atoms with Crippen LogP contribution >= 0.6 is 11.6 Å². The Morgan fingerprint density at radius 1 is 1.10 bits per heavy atom. The van der Waals surface area contributed by atoms with E-state index in [1.807, 2.05) is 0 Å². The van der Waals surface area contributed by atoms with Crippen LogP contribution in [0.15, 0.2) is 36.4 Å². The highest BCUT2D eigenvalue weighted by molar-refractivity contribution is 6.17. The van der Waals surface area contributed by atoms with Gasteiger partial charge in [-0.1, -0.05) is 18.2 Å². The normalized spacial score (nSPS) is 11.5. The first kappa shape index (κ1) is 15.6. The lowest BCUT2D eigenvalue weighted by molar-refractivity contribution is -0.138. The standard InChI is InChI=1S/C15H11ClF4O/c1-9-3-2-4-13(14(9)17)21-12-6-5-10(8-16)7-11(12)15(18,19)20/h2-7H,8H2,1H3. The zero-order valence-corrected chi connectivity index (χ0v) is 11.7. The molecule has 0 bridgehead atoms. The van der Waals surface area contributed by atoms with Crippen molar-refractivity contribution in [1.82, 2.24) is 0 Å². The molecular weight excluding hydrogens is 308 g/mol. The lowest BCUT2D eigenvalue weighted by Gasteiger charge is -2.15. The van der Waals surface area contributed by atoms with Gasteiger partial charge in [0.1, 0.15) is 5.75 Å². The van der Waals surface area contributed by atoms with Crippen molar-refractivity contribution in [1.29, 1.82) is 0 Å². The van der Waals surface area contributed by atoms with Crippen molar-refractivity contribution in [2.24, 2.45) is 0 Å². The zero-order valence-electron chi connectivity index (χ0n) is 11.0. The van der Waals surface area contributed by atoms with Gasteiger partial charge in [0, 0.05) is 5.88 Å². The van der Waals surface area contributed by atoms with E-state index in [1.165, 1.54) is 31.2 Å². The molecule has 2 rings (SSSR count). The third kappa shape index (κ3) is 3.47. The minimum absolute atomic E-state index is 0.0534. The molecule has 112 valence electrons. The monoisotopic (exact) mass is 318 g/mol. The van der Waals surface area contributed by atoms with E-state index in [9.17, 15) is 17.6 Å². The van der Waals surface area contributed by atoms with Gasteiger partial charge < -0.3 is 4.74 Å². The van der Waals surface area contributed by atoms with Gasteiger partial charge in [0.2, 0.25) is 0 Å². The van der Waals surface area contributed by atoms with Gasteiger partial charge in [0.15, 0.2) is 11.6 Å². The van der Waals surface area contributed by atoms with Crippen molar-refractivity contribution in [3.05, 3.63) is 58.9 Å². The first-order valence-electron chi connectivity index (χ1n) is 6.02. The second-order valence-electron chi connectivity index (χ2n) is 4.45. The number of ether oxygens (including phenoxy) is 1. The Balaban J connectivity index is 2.46. The molecule has 0 aromatic heterocycles. The lowest BCUT2D eigenvalue weighted by atomic mass is 10.1. The lowest BCUT2D eigenvalue weighted by Crippen LogP contribution is -2.08. The molecule has 0 fully saturated rings. The SMILES string of the molecule is Cc1cccc(Oc2ccc(CCl)cc2C(F)(F)F)c1F. The van der Waals surface area contributed by atoms with Crippen LogP contribution in [0.4, 0.5) is 17.6 Å². The largest absolute Gasteiger partial charge is 0.454 e. The number of aryl methyl sites for hydroxylation is 1. The molecule has 0 aliphatic heterocycles. The summed E-state index contributed by atoms with van der Waals surface area (Å²) in [7, 11) is 0. The molecule has 0 aliphatic carbocycles. The van der Waals surface area contributed by atoms with E-state index in [2.05, 4.69) is 0 Å². The predicted molar refractivity (Wildman–Crippen MR) is 72.2 cm³/mol. The molecule has 0 atom stereocenters. The Kier molecular flexibility index (Phi) is 4.42. The summed E-state index contributed by atoms with van der Waals surface area (Å²) in [5.41, 5.74) is -0.388. The molecule has 0 saturated carbocycles. The topological polar surface area (TPSA) is 9.23 Å². The third-order valence-corrected chi connectivity index (χ3v) is 3.19. The van der Waals surface area contributed by atoms with Gasteiger partial charge in [0.25, 0.3) is 0 Å². The fourth-order valence-corrected chi connectivity index (χ4v) is 1.95. The molecule has 0 saturated heterocycles. The molecule has 0 unspecified atom stereocenters. The maximum Gasteiger partial charge on any atom is 0.419 e. The van der Waals surface area contributed by atoms with E-state index < -0.39 is 23.3 Å². The number of alkyl halides is 4. The van der Waals surface area contributed by atoms with Crippen LogP contribution in [-0.2, 0) is 12.1 Å². The van der Waals surface area contributed by atoms with Gasteiger partial charge in [-0.15, -0.1) is 11.6 Å². The Morgan fingerprint density at radius 2 is 1.81 bits per heavy atom. The van der Waals surface area contributed by atoms with E-state index in [-0.39, 0.29) is 11.6 Å². The summed E-state index contributed by atoms with van der Waals surface area (Å²) >= 11 is 5.54. The Hall–Kier alpha value is -1.75. The van der Waals surface area contributed by atoms with Gasteiger partial charge in [-0.05, 0) is 36.2 Å². The van der Waals surface area contributed by atoms with Gasteiger partial charge in [0.05, 0.1) is 5.56 Å². The fourth-order valence-electron chi connectivity index (χ4n) is 1.79. The average Bonchev–Trinajstić information content (AvgIpc) is 2.43. The summed E-state index contributed by atoms with van der Waals surface area (Å²) in [6, 6.07) is 7.74. The number of benzene rings is 2. The van der Waals surface area contributed by atoms with Crippen LogP contribution in [0.3, 0.4) is 0 Å². The summed E-state index contributed by atoms with van der Waals surface area (Å²) in [5, 5.41) is 0. The van der Waals surface area contributed by atoms with Crippen LogP contribution in [0.2, 0.25) is 0 Å². The third-order valence-electron chi connectivity index (χ3n) is 2.88. The van der Waals surface area contributed by atoms with Crippen LogP contribution in [0.1, 0.15) is 16.7 Å². The van der Waals surface area contributed by atoms with Crippen molar-refractivity contribution in [3.8, 4) is 11.5 Å². The Labute approximate surface area is 124 Å². The number of hydrogen-bond acceptors (Lipinski definition) is 1.